The molecule has 106 valence electrons. The Morgan fingerprint density at radius 2 is 2.32 bits per heavy atom. The van der Waals surface area contributed by atoms with Crippen molar-refractivity contribution in [1.29, 1.82) is 0 Å². The van der Waals surface area contributed by atoms with Crippen molar-refractivity contribution in [2.45, 2.75) is 38.6 Å². The molecule has 0 radical (unpaired) electrons. The van der Waals surface area contributed by atoms with Crippen LogP contribution in [0.25, 0.3) is 0 Å². The molecule has 1 aliphatic heterocycles. The SMILES string of the molecule is Cc1ncsc1CCN(C)CCN1C[C@H]2CC[C@@H]1C2. The van der Waals surface area contributed by atoms with Crippen molar-refractivity contribution in [2.75, 3.05) is 33.2 Å². The molecule has 0 aromatic carbocycles. The van der Waals surface area contributed by atoms with Gasteiger partial charge in [0.05, 0.1) is 11.2 Å². The monoisotopic (exact) mass is 279 g/mol. The molecule has 2 heterocycles. The summed E-state index contributed by atoms with van der Waals surface area (Å²) in [6, 6.07) is 0.919. The van der Waals surface area contributed by atoms with Gasteiger partial charge in [-0.05, 0) is 45.6 Å². The summed E-state index contributed by atoms with van der Waals surface area (Å²) in [4.78, 5) is 11.0. The van der Waals surface area contributed by atoms with E-state index in [1.54, 1.807) is 11.3 Å². The van der Waals surface area contributed by atoms with Crippen molar-refractivity contribution in [2.24, 2.45) is 5.92 Å². The number of likely N-dealkylation sites (N-methyl/N-ethyl adjacent to an activating group) is 1. The summed E-state index contributed by atoms with van der Waals surface area (Å²) in [7, 11) is 2.25. The maximum Gasteiger partial charge on any atom is 0.0797 e. The molecule has 2 bridgehead atoms. The molecule has 1 saturated carbocycles. The summed E-state index contributed by atoms with van der Waals surface area (Å²) in [5.74, 6) is 1.02. The average molecular weight is 279 g/mol. The van der Waals surface area contributed by atoms with Gasteiger partial charge in [-0.3, -0.25) is 4.90 Å². The zero-order chi connectivity index (χ0) is 13.2. The van der Waals surface area contributed by atoms with Gasteiger partial charge in [0, 0.05) is 37.1 Å². The summed E-state index contributed by atoms with van der Waals surface area (Å²) >= 11 is 1.80. The van der Waals surface area contributed by atoms with Gasteiger partial charge < -0.3 is 4.90 Å². The molecule has 1 aromatic heterocycles. The molecular formula is C15H25N3S. The summed E-state index contributed by atoms with van der Waals surface area (Å²) in [6.45, 7) is 7.12. The van der Waals surface area contributed by atoms with Crippen molar-refractivity contribution in [1.82, 2.24) is 14.8 Å². The second-order valence-electron chi connectivity index (χ2n) is 6.24. The quantitative estimate of drug-likeness (QED) is 0.797. The van der Waals surface area contributed by atoms with E-state index in [1.807, 2.05) is 5.51 Å². The zero-order valence-electron chi connectivity index (χ0n) is 12.1. The lowest BCUT2D eigenvalue weighted by Gasteiger charge is -2.28. The molecule has 19 heavy (non-hydrogen) atoms. The Morgan fingerprint density at radius 1 is 1.42 bits per heavy atom. The van der Waals surface area contributed by atoms with Crippen molar-refractivity contribution >= 4 is 11.3 Å². The molecule has 0 N–H and O–H groups in total. The number of rotatable bonds is 6. The van der Waals surface area contributed by atoms with Crippen LogP contribution < -0.4 is 0 Å². The standard InChI is InChI=1S/C15H25N3S/c1-12-15(19-11-16-12)5-6-17(2)7-8-18-10-13-3-4-14(18)9-13/h11,13-14H,3-10H2,1-2H3/t13-,14+/m0/s1. The van der Waals surface area contributed by atoms with Crippen LogP contribution in [-0.4, -0.2) is 54.1 Å². The number of fused-ring (bicyclic) bond motifs is 2. The molecule has 3 rings (SSSR count). The highest BCUT2D eigenvalue weighted by atomic mass is 32.1. The van der Waals surface area contributed by atoms with Crippen LogP contribution in [0.3, 0.4) is 0 Å². The van der Waals surface area contributed by atoms with E-state index in [4.69, 9.17) is 0 Å². The molecule has 2 atom stereocenters. The lowest BCUT2D eigenvalue weighted by molar-refractivity contribution is 0.185. The first-order chi connectivity index (χ1) is 9.22. The minimum atomic E-state index is 0.919. The van der Waals surface area contributed by atoms with Gasteiger partial charge in [-0.1, -0.05) is 0 Å². The van der Waals surface area contributed by atoms with Gasteiger partial charge in [-0.25, -0.2) is 4.98 Å². The van der Waals surface area contributed by atoms with Crippen LogP contribution in [0, 0.1) is 12.8 Å². The topological polar surface area (TPSA) is 19.4 Å². The predicted octanol–water partition coefficient (Wildman–Crippen LogP) is 2.41. The Balaban J connectivity index is 1.37. The molecule has 3 nitrogen and oxygen atoms in total. The molecule has 1 aliphatic carbocycles. The first-order valence-electron chi connectivity index (χ1n) is 7.54. The Morgan fingerprint density at radius 3 is 2.95 bits per heavy atom. The second kappa shape index (κ2) is 5.90. The second-order valence-corrected chi connectivity index (χ2v) is 7.18. The van der Waals surface area contributed by atoms with E-state index in [0.717, 1.165) is 24.9 Å². The van der Waals surface area contributed by atoms with E-state index in [-0.39, 0.29) is 0 Å². The first kappa shape index (κ1) is 13.5. The zero-order valence-corrected chi connectivity index (χ0v) is 13.0. The van der Waals surface area contributed by atoms with E-state index < -0.39 is 0 Å². The third-order valence-electron chi connectivity index (χ3n) is 4.86. The van der Waals surface area contributed by atoms with Crippen LogP contribution in [0.15, 0.2) is 5.51 Å². The largest absolute Gasteiger partial charge is 0.305 e. The molecule has 0 amide bonds. The third kappa shape index (κ3) is 3.18. The number of piperidine rings is 1. The maximum absolute atomic E-state index is 4.32. The highest BCUT2D eigenvalue weighted by molar-refractivity contribution is 7.09. The van der Waals surface area contributed by atoms with E-state index in [2.05, 4.69) is 28.8 Å². The Labute approximate surface area is 120 Å². The fraction of sp³-hybridized carbons (Fsp3) is 0.800. The highest BCUT2D eigenvalue weighted by Gasteiger charge is 2.37. The fourth-order valence-corrected chi connectivity index (χ4v) is 4.34. The number of likely N-dealkylation sites (tertiary alicyclic amines) is 1. The van der Waals surface area contributed by atoms with Gasteiger partial charge >= 0.3 is 0 Å². The van der Waals surface area contributed by atoms with Crippen LogP contribution in [0.5, 0.6) is 0 Å². The first-order valence-corrected chi connectivity index (χ1v) is 8.42. The van der Waals surface area contributed by atoms with Gasteiger partial charge in [-0.2, -0.15) is 0 Å². The Hall–Kier alpha value is -0.450. The van der Waals surface area contributed by atoms with Crippen LogP contribution in [0.2, 0.25) is 0 Å². The van der Waals surface area contributed by atoms with Gasteiger partial charge in [-0.15, -0.1) is 11.3 Å². The molecule has 1 saturated heterocycles. The number of hydrogen-bond acceptors (Lipinski definition) is 4. The number of aryl methyl sites for hydroxylation is 1. The minimum absolute atomic E-state index is 0.919. The average Bonchev–Trinajstić information content (AvgIpc) is 3.10. The van der Waals surface area contributed by atoms with Crippen LogP contribution in [0.1, 0.15) is 29.8 Å². The van der Waals surface area contributed by atoms with Gasteiger partial charge in [0.2, 0.25) is 0 Å². The molecule has 0 spiro atoms. The maximum atomic E-state index is 4.32. The van der Waals surface area contributed by atoms with Gasteiger partial charge in [0.15, 0.2) is 0 Å². The van der Waals surface area contributed by atoms with Crippen LogP contribution >= 0.6 is 11.3 Å². The minimum Gasteiger partial charge on any atom is -0.305 e. The van der Waals surface area contributed by atoms with Crippen LogP contribution in [-0.2, 0) is 6.42 Å². The van der Waals surface area contributed by atoms with E-state index in [0.29, 0.717) is 0 Å². The van der Waals surface area contributed by atoms with Crippen molar-refractivity contribution in [3.05, 3.63) is 16.1 Å². The van der Waals surface area contributed by atoms with Crippen LogP contribution in [0.4, 0.5) is 0 Å². The Bertz CT molecular complexity index is 417. The van der Waals surface area contributed by atoms with E-state index in [1.165, 1.54) is 49.5 Å². The van der Waals surface area contributed by atoms with Gasteiger partial charge in [0.1, 0.15) is 0 Å². The number of aromatic nitrogens is 1. The molecule has 2 aliphatic rings. The van der Waals surface area contributed by atoms with Gasteiger partial charge in [0.25, 0.3) is 0 Å². The van der Waals surface area contributed by atoms with Crippen molar-refractivity contribution in [3.8, 4) is 0 Å². The number of hydrogen-bond donors (Lipinski definition) is 0. The molecule has 0 unspecified atom stereocenters. The normalized spacial score (nSPS) is 26.7. The summed E-state index contributed by atoms with van der Waals surface area (Å²) in [5, 5.41) is 0. The lowest BCUT2D eigenvalue weighted by atomic mass is 10.1. The van der Waals surface area contributed by atoms with Crippen molar-refractivity contribution in [3.63, 3.8) is 0 Å². The Kier molecular flexibility index (Phi) is 4.20. The number of thiazole rings is 1. The summed E-state index contributed by atoms with van der Waals surface area (Å²) < 4.78 is 0. The van der Waals surface area contributed by atoms with E-state index in [9.17, 15) is 0 Å². The molecule has 4 heteroatoms. The molecule has 2 fully saturated rings. The van der Waals surface area contributed by atoms with E-state index >= 15 is 0 Å². The summed E-state index contributed by atoms with van der Waals surface area (Å²) in [5.41, 5.74) is 3.18. The predicted molar refractivity (Wildman–Crippen MR) is 80.8 cm³/mol. The molecule has 1 aromatic rings. The lowest BCUT2D eigenvalue weighted by Crippen LogP contribution is -2.38. The third-order valence-corrected chi connectivity index (χ3v) is 5.85. The number of nitrogens with zero attached hydrogens (tertiary/aromatic N) is 3. The smallest absolute Gasteiger partial charge is 0.0797 e. The van der Waals surface area contributed by atoms with Crippen molar-refractivity contribution < 1.29 is 0 Å². The summed E-state index contributed by atoms with van der Waals surface area (Å²) in [6.07, 6.45) is 5.57. The highest BCUT2D eigenvalue weighted by Crippen LogP contribution is 2.36. The fourth-order valence-electron chi connectivity index (χ4n) is 3.57. The molecular weight excluding hydrogens is 254 g/mol.